The fourth-order valence-electron chi connectivity index (χ4n) is 0.750. The van der Waals surface area contributed by atoms with Crippen molar-refractivity contribution < 1.29 is 0 Å². The van der Waals surface area contributed by atoms with E-state index < -0.39 is 0 Å². The molecule has 0 saturated heterocycles. The third kappa shape index (κ3) is 1.01. The molecule has 0 N–H and O–H groups in total. The van der Waals surface area contributed by atoms with E-state index in [1.807, 2.05) is 12.2 Å². The van der Waals surface area contributed by atoms with Gasteiger partial charge in [-0.2, -0.15) is 0 Å². The molecule has 1 aliphatic rings. The molecule has 0 aromatic heterocycles. The highest BCUT2D eigenvalue weighted by molar-refractivity contribution is 5.19. The van der Waals surface area contributed by atoms with Crippen molar-refractivity contribution in [2.24, 2.45) is 5.92 Å². The molecular weight excluding hydrogens is 96.1 g/mol. The lowest BCUT2D eigenvalue weighted by Gasteiger charge is -1.93. The van der Waals surface area contributed by atoms with Crippen molar-refractivity contribution in [3.05, 3.63) is 24.3 Å². The molecule has 0 bridgehead atoms. The molecule has 0 heteroatoms. The highest BCUT2D eigenvalue weighted by Crippen LogP contribution is 2.11. The molecule has 40 valence electrons. The molecule has 0 nitrogen and oxygen atoms in total. The SMILES string of the molecule is C#CCC1C=CC=C1. The molecule has 1 aliphatic carbocycles. The van der Waals surface area contributed by atoms with Gasteiger partial charge in [0.25, 0.3) is 0 Å². The lowest BCUT2D eigenvalue weighted by molar-refractivity contribution is 0.865. The molecular formula is C8H8. The van der Waals surface area contributed by atoms with Gasteiger partial charge in [-0.3, -0.25) is 0 Å². The van der Waals surface area contributed by atoms with Gasteiger partial charge in [-0.05, 0) is 0 Å². The van der Waals surface area contributed by atoms with Crippen LogP contribution in [0, 0.1) is 18.3 Å². The fourth-order valence-corrected chi connectivity index (χ4v) is 0.750. The summed E-state index contributed by atoms with van der Waals surface area (Å²) in [4.78, 5) is 0. The van der Waals surface area contributed by atoms with Gasteiger partial charge in [0.2, 0.25) is 0 Å². The van der Waals surface area contributed by atoms with Crippen LogP contribution in [0.2, 0.25) is 0 Å². The van der Waals surface area contributed by atoms with Crippen LogP contribution >= 0.6 is 0 Å². The Balaban J connectivity index is 2.41. The molecule has 0 fully saturated rings. The van der Waals surface area contributed by atoms with Crippen molar-refractivity contribution in [3.8, 4) is 12.3 Å². The van der Waals surface area contributed by atoms with Gasteiger partial charge in [-0.1, -0.05) is 24.3 Å². The third-order valence-electron chi connectivity index (χ3n) is 1.18. The van der Waals surface area contributed by atoms with Gasteiger partial charge in [0, 0.05) is 12.3 Å². The van der Waals surface area contributed by atoms with Crippen molar-refractivity contribution >= 4 is 0 Å². The van der Waals surface area contributed by atoms with E-state index in [2.05, 4.69) is 18.1 Å². The number of terminal acetylenes is 1. The molecule has 0 unspecified atom stereocenters. The van der Waals surface area contributed by atoms with E-state index in [1.54, 1.807) is 0 Å². The summed E-state index contributed by atoms with van der Waals surface area (Å²) in [5.74, 6) is 3.12. The Bertz CT molecular complexity index is 143. The quantitative estimate of drug-likeness (QED) is 0.444. The lowest BCUT2D eigenvalue weighted by Crippen LogP contribution is -1.83. The Kier molecular flexibility index (Phi) is 1.54. The first-order valence-electron chi connectivity index (χ1n) is 2.72. The zero-order chi connectivity index (χ0) is 5.82. The summed E-state index contributed by atoms with van der Waals surface area (Å²) in [5, 5.41) is 0. The van der Waals surface area contributed by atoms with Crippen molar-refractivity contribution in [3.63, 3.8) is 0 Å². The second-order valence-corrected chi connectivity index (χ2v) is 1.84. The molecule has 0 amide bonds. The van der Waals surface area contributed by atoms with Crippen molar-refractivity contribution in [1.82, 2.24) is 0 Å². The average Bonchev–Trinajstić information content (AvgIpc) is 2.19. The van der Waals surface area contributed by atoms with Gasteiger partial charge in [-0.15, -0.1) is 12.3 Å². The number of hydrogen-bond donors (Lipinski definition) is 0. The van der Waals surface area contributed by atoms with Crippen LogP contribution in [-0.4, -0.2) is 0 Å². The van der Waals surface area contributed by atoms with E-state index in [1.165, 1.54) is 0 Å². The Hall–Kier alpha value is -0.960. The normalized spacial score (nSPS) is 16.9. The zero-order valence-corrected chi connectivity index (χ0v) is 4.67. The molecule has 1 rings (SSSR count). The van der Waals surface area contributed by atoms with Gasteiger partial charge in [-0.25, -0.2) is 0 Å². The molecule has 0 aromatic carbocycles. The average molecular weight is 104 g/mol. The van der Waals surface area contributed by atoms with Crippen LogP contribution in [0.25, 0.3) is 0 Å². The summed E-state index contributed by atoms with van der Waals surface area (Å²) in [5.41, 5.74) is 0. The van der Waals surface area contributed by atoms with E-state index in [4.69, 9.17) is 6.42 Å². The van der Waals surface area contributed by atoms with Crippen LogP contribution in [0.4, 0.5) is 0 Å². The smallest absolute Gasteiger partial charge is 0.0184 e. The number of hydrogen-bond acceptors (Lipinski definition) is 0. The van der Waals surface area contributed by atoms with Crippen LogP contribution in [0.1, 0.15) is 6.42 Å². The predicted octanol–water partition coefficient (Wildman–Crippen LogP) is 1.75. The Morgan fingerprint density at radius 2 is 2.00 bits per heavy atom. The number of allylic oxidation sites excluding steroid dienone is 4. The van der Waals surface area contributed by atoms with E-state index in [0.29, 0.717) is 5.92 Å². The monoisotopic (exact) mass is 104 g/mol. The summed E-state index contributed by atoms with van der Waals surface area (Å²) in [6.07, 6.45) is 14.2. The largest absolute Gasteiger partial charge is 0.120 e. The zero-order valence-electron chi connectivity index (χ0n) is 4.67. The molecule has 0 spiro atoms. The maximum Gasteiger partial charge on any atom is 0.0184 e. The summed E-state index contributed by atoms with van der Waals surface area (Å²) in [6.45, 7) is 0. The summed E-state index contributed by atoms with van der Waals surface area (Å²) in [6, 6.07) is 0. The van der Waals surface area contributed by atoms with Gasteiger partial charge in [0.05, 0.1) is 0 Å². The standard InChI is InChI=1S/C8H8/c1-2-5-8-6-3-4-7-8/h1,3-4,6-8H,5H2. The highest BCUT2D eigenvalue weighted by Gasteiger charge is 1.98. The minimum absolute atomic E-state index is 0.514. The maximum atomic E-state index is 5.09. The summed E-state index contributed by atoms with van der Waals surface area (Å²) >= 11 is 0. The molecule has 0 heterocycles. The Morgan fingerprint density at radius 1 is 1.38 bits per heavy atom. The predicted molar refractivity (Wildman–Crippen MR) is 35.2 cm³/mol. The van der Waals surface area contributed by atoms with Gasteiger partial charge >= 0.3 is 0 Å². The van der Waals surface area contributed by atoms with Gasteiger partial charge in [0.15, 0.2) is 0 Å². The third-order valence-corrected chi connectivity index (χ3v) is 1.18. The summed E-state index contributed by atoms with van der Waals surface area (Å²) in [7, 11) is 0. The Labute approximate surface area is 49.9 Å². The van der Waals surface area contributed by atoms with E-state index in [9.17, 15) is 0 Å². The maximum absolute atomic E-state index is 5.09. The molecule has 8 heavy (non-hydrogen) atoms. The topological polar surface area (TPSA) is 0 Å². The van der Waals surface area contributed by atoms with Gasteiger partial charge < -0.3 is 0 Å². The van der Waals surface area contributed by atoms with Crippen LogP contribution in [0.5, 0.6) is 0 Å². The Morgan fingerprint density at radius 3 is 2.50 bits per heavy atom. The van der Waals surface area contributed by atoms with Crippen LogP contribution in [0.3, 0.4) is 0 Å². The first-order chi connectivity index (χ1) is 3.93. The molecule has 0 atom stereocenters. The fraction of sp³-hybridized carbons (Fsp3) is 0.250. The van der Waals surface area contributed by atoms with E-state index in [0.717, 1.165) is 6.42 Å². The van der Waals surface area contributed by atoms with Crippen molar-refractivity contribution in [2.45, 2.75) is 6.42 Å². The summed E-state index contributed by atoms with van der Waals surface area (Å²) < 4.78 is 0. The van der Waals surface area contributed by atoms with Crippen molar-refractivity contribution in [1.29, 1.82) is 0 Å². The minimum atomic E-state index is 0.514. The molecule has 0 aliphatic heterocycles. The van der Waals surface area contributed by atoms with Crippen LogP contribution in [0.15, 0.2) is 24.3 Å². The first-order valence-corrected chi connectivity index (χ1v) is 2.72. The molecule has 0 radical (unpaired) electrons. The first kappa shape index (κ1) is 5.18. The van der Waals surface area contributed by atoms with Crippen LogP contribution in [-0.2, 0) is 0 Å². The highest BCUT2D eigenvalue weighted by atomic mass is 14.0. The second kappa shape index (κ2) is 2.37. The minimum Gasteiger partial charge on any atom is -0.120 e. The molecule has 0 saturated carbocycles. The van der Waals surface area contributed by atoms with Gasteiger partial charge in [0.1, 0.15) is 0 Å². The lowest BCUT2D eigenvalue weighted by atomic mass is 10.1. The molecule has 0 aromatic rings. The van der Waals surface area contributed by atoms with Crippen LogP contribution < -0.4 is 0 Å². The number of rotatable bonds is 1. The van der Waals surface area contributed by atoms with Crippen molar-refractivity contribution in [2.75, 3.05) is 0 Å². The van der Waals surface area contributed by atoms with E-state index >= 15 is 0 Å². The second-order valence-electron chi connectivity index (χ2n) is 1.84. The van der Waals surface area contributed by atoms with E-state index in [-0.39, 0.29) is 0 Å².